The van der Waals surface area contributed by atoms with Crippen molar-refractivity contribution in [2.24, 2.45) is 5.92 Å². The van der Waals surface area contributed by atoms with Gasteiger partial charge in [0.2, 0.25) is 0 Å². The van der Waals surface area contributed by atoms with Crippen LogP contribution in [0.1, 0.15) is 13.8 Å². The molecule has 0 aliphatic carbocycles. The van der Waals surface area contributed by atoms with Crippen molar-refractivity contribution in [3.8, 4) is 0 Å². The van der Waals surface area contributed by atoms with Crippen molar-refractivity contribution in [2.75, 3.05) is 5.32 Å². The molecule has 0 radical (unpaired) electrons. The maximum Gasteiger partial charge on any atom is 0.319 e. The van der Waals surface area contributed by atoms with E-state index in [0.29, 0.717) is 0 Å². The third-order valence-electron chi connectivity index (χ3n) is 2.76. The summed E-state index contributed by atoms with van der Waals surface area (Å²) in [5, 5.41) is 13.2. The number of amides is 2. The summed E-state index contributed by atoms with van der Waals surface area (Å²) < 4.78 is 26.7. The topological polar surface area (TPSA) is 78.4 Å². The summed E-state index contributed by atoms with van der Waals surface area (Å²) in [4.78, 5) is 22.3. The van der Waals surface area contributed by atoms with E-state index in [0.717, 1.165) is 12.1 Å². The van der Waals surface area contributed by atoms with Crippen LogP contribution in [0, 0.1) is 17.6 Å². The zero-order valence-electron chi connectivity index (χ0n) is 10.7. The molecule has 110 valence electrons. The lowest BCUT2D eigenvalue weighted by molar-refractivity contribution is -0.141. The lowest BCUT2D eigenvalue weighted by atomic mass is 10.0. The molecule has 0 heterocycles. The van der Waals surface area contributed by atoms with Crippen molar-refractivity contribution in [3.05, 3.63) is 28.2 Å². The van der Waals surface area contributed by atoms with Gasteiger partial charge in [0.1, 0.15) is 11.6 Å². The van der Waals surface area contributed by atoms with E-state index in [1.165, 1.54) is 13.8 Å². The SMILES string of the molecule is CC(NC(=O)Nc1cc(F)c(Br)cc1F)C(C)C(=O)O. The number of carbonyl (C=O) groups excluding carboxylic acids is 1. The Morgan fingerprint density at radius 2 is 1.85 bits per heavy atom. The highest BCUT2D eigenvalue weighted by Gasteiger charge is 2.21. The molecule has 2 atom stereocenters. The molecule has 0 fully saturated rings. The monoisotopic (exact) mass is 350 g/mol. The Morgan fingerprint density at radius 1 is 1.25 bits per heavy atom. The molecule has 0 saturated heterocycles. The maximum absolute atomic E-state index is 13.5. The van der Waals surface area contributed by atoms with Gasteiger partial charge in [-0.3, -0.25) is 4.79 Å². The summed E-state index contributed by atoms with van der Waals surface area (Å²) >= 11 is 2.81. The van der Waals surface area contributed by atoms with Crippen molar-refractivity contribution in [3.63, 3.8) is 0 Å². The van der Waals surface area contributed by atoms with Crippen LogP contribution in [-0.2, 0) is 4.79 Å². The summed E-state index contributed by atoms with van der Waals surface area (Å²) in [6, 6.07) is 0.223. The lowest BCUT2D eigenvalue weighted by Gasteiger charge is -2.18. The molecule has 0 bridgehead atoms. The molecule has 1 aromatic rings. The van der Waals surface area contributed by atoms with Crippen LogP contribution in [0.4, 0.5) is 19.3 Å². The zero-order valence-corrected chi connectivity index (χ0v) is 12.3. The summed E-state index contributed by atoms with van der Waals surface area (Å²) in [6.45, 7) is 2.92. The minimum Gasteiger partial charge on any atom is -0.481 e. The fraction of sp³-hybridized carbons (Fsp3) is 0.333. The number of carboxylic acids is 1. The van der Waals surface area contributed by atoms with Crippen LogP contribution in [0.2, 0.25) is 0 Å². The van der Waals surface area contributed by atoms with Crippen molar-refractivity contribution < 1.29 is 23.5 Å². The first-order chi connectivity index (χ1) is 9.22. The van der Waals surface area contributed by atoms with E-state index >= 15 is 0 Å². The highest BCUT2D eigenvalue weighted by Crippen LogP contribution is 2.23. The predicted octanol–water partition coefficient (Wildman–Crippen LogP) is 2.96. The molecule has 0 aromatic heterocycles. The fourth-order valence-corrected chi connectivity index (χ4v) is 1.64. The summed E-state index contributed by atoms with van der Waals surface area (Å²) in [5.41, 5.74) is -0.335. The van der Waals surface area contributed by atoms with Gasteiger partial charge in [-0.05, 0) is 35.8 Å². The van der Waals surface area contributed by atoms with Crippen LogP contribution in [0.25, 0.3) is 0 Å². The molecule has 0 spiro atoms. The molecule has 5 nitrogen and oxygen atoms in total. The first-order valence-corrected chi connectivity index (χ1v) is 6.46. The number of nitrogens with one attached hydrogen (secondary N) is 2. The first kappa shape index (κ1) is 16.4. The lowest BCUT2D eigenvalue weighted by Crippen LogP contribution is -2.42. The third kappa shape index (κ3) is 4.16. The number of rotatable bonds is 4. The van der Waals surface area contributed by atoms with Gasteiger partial charge in [-0.25, -0.2) is 13.6 Å². The Morgan fingerprint density at radius 3 is 2.40 bits per heavy atom. The molecular weight excluding hydrogens is 338 g/mol. The molecule has 2 amide bonds. The molecular formula is C12H13BrF2N2O3. The average molecular weight is 351 g/mol. The number of hydrogen-bond donors (Lipinski definition) is 3. The number of anilines is 1. The van der Waals surface area contributed by atoms with E-state index in [2.05, 4.69) is 26.6 Å². The predicted molar refractivity (Wildman–Crippen MR) is 72.5 cm³/mol. The van der Waals surface area contributed by atoms with E-state index in [4.69, 9.17) is 5.11 Å². The molecule has 2 unspecified atom stereocenters. The quantitative estimate of drug-likeness (QED) is 0.730. The number of urea groups is 1. The molecule has 8 heteroatoms. The molecule has 0 aliphatic rings. The van der Waals surface area contributed by atoms with Gasteiger partial charge in [0, 0.05) is 12.1 Å². The van der Waals surface area contributed by atoms with Crippen LogP contribution in [0.5, 0.6) is 0 Å². The second kappa shape index (κ2) is 6.65. The number of carboxylic acid groups (broad SMARTS) is 1. The number of aliphatic carboxylic acids is 1. The Kier molecular flexibility index (Phi) is 5.43. The molecule has 0 aliphatic heterocycles. The molecule has 0 saturated carbocycles. The standard InChI is InChI=1S/C12H13BrF2N2O3/c1-5(11(18)19)6(2)16-12(20)17-10-4-8(14)7(13)3-9(10)15/h3-6H,1-2H3,(H,18,19)(H2,16,17,20). The number of carbonyl (C=O) groups is 2. The van der Waals surface area contributed by atoms with Crippen LogP contribution < -0.4 is 10.6 Å². The first-order valence-electron chi connectivity index (χ1n) is 5.67. The number of hydrogen-bond acceptors (Lipinski definition) is 2. The second-order valence-electron chi connectivity index (χ2n) is 4.26. The molecule has 1 aromatic carbocycles. The minimum atomic E-state index is -1.07. The zero-order chi connectivity index (χ0) is 15.4. The minimum absolute atomic E-state index is 0.0613. The van der Waals surface area contributed by atoms with Gasteiger partial charge in [-0.2, -0.15) is 0 Å². The van der Waals surface area contributed by atoms with E-state index in [-0.39, 0.29) is 10.2 Å². The number of halogens is 3. The molecule has 20 heavy (non-hydrogen) atoms. The van der Waals surface area contributed by atoms with Crippen molar-refractivity contribution in [2.45, 2.75) is 19.9 Å². The van der Waals surface area contributed by atoms with Crippen LogP contribution in [0.15, 0.2) is 16.6 Å². The largest absolute Gasteiger partial charge is 0.481 e. The van der Waals surface area contributed by atoms with Crippen molar-refractivity contribution >= 4 is 33.6 Å². The summed E-state index contributed by atoms with van der Waals surface area (Å²) in [7, 11) is 0. The highest BCUT2D eigenvalue weighted by atomic mass is 79.9. The van der Waals surface area contributed by atoms with Gasteiger partial charge >= 0.3 is 12.0 Å². The van der Waals surface area contributed by atoms with E-state index in [1.54, 1.807) is 0 Å². The van der Waals surface area contributed by atoms with Gasteiger partial charge in [-0.15, -0.1) is 0 Å². The van der Waals surface area contributed by atoms with E-state index in [1.807, 2.05) is 0 Å². The van der Waals surface area contributed by atoms with Gasteiger partial charge in [0.25, 0.3) is 0 Å². The average Bonchev–Trinajstić information content (AvgIpc) is 2.34. The fourth-order valence-electron chi connectivity index (χ4n) is 1.32. The van der Waals surface area contributed by atoms with E-state index in [9.17, 15) is 18.4 Å². The van der Waals surface area contributed by atoms with Crippen molar-refractivity contribution in [1.82, 2.24) is 5.32 Å². The highest BCUT2D eigenvalue weighted by molar-refractivity contribution is 9.10. The Hall–Kier alpha value is -1.70. The van der Waals surface area contributed by atoms with Crippen LogP contribution >= 0.6 is 15.9 Å². The molecule has 1 rings (SSSR count). The van der Waals surface area contributed by atoms with Gasteiger partial charge in [0.15, 0.2) is 0 Å². The molecule has 3 N–H and O–H groups in total. The third-order valence-corrected chi connectivity index (χ3v) is 3.36. The van der Waals surface area contributed by atoms with Crippen molar-refractivity contribution in [1.29, 1.82) is 0 Å². The Bertz CT molecular complexity index is 540. The Balaban J connectivity index is 2.72. The van der Waals surface area contributed by atoms with E-state index < -0.39 is 35.6 Å². The maximum atomic E-state index is 13.5. The van der Waals surface area contributed by atoms with Crippen LogP contribution in [0.3, 0.4) is 0 Å². The smallest absolute Gasteiger partial charge is 0.319 e. The summed E-state index contributed by atoms with van der Waals surface area (Å²) in [6.07, 6.45) is 0. The van der Waals surface area contributed by atoms with Crippen LogP contribution in [-0.4, -0.2) is 23.1 Å². The Labute approximate surface area is 122 Å². The van der Waals surface area contributed by atoms with Gasteiger partial charge in [-0.1, -0.05) is 0 Å². The second-order valence-corrected chi connectivity index (χ2v) is 5.11. The normalized spacial score (nSPS) is 13.4. The van der Waals surface area contributed by atoms with Gasteiger partial charge < -0.3 is 15.7 Å². The number of benzene rings is 1. The van der Waals surface area contributed by atoms with Gasteiger partial charge in [0.05, 0.1) is 16.1 Å². The summed E-state index contributed by atoms with van der Waals surface area (Å²) in [5.74, 6) is -3.42.